The summed E-state index contributed by atoms with van der Waals surface area (Å²) in [6.07, 6.45) is 2.86. The summed E-state index contributed by atoms with van der Waals surface area (Å²) in [5, 5.41) is 12.6. The molecule has 1 aromatic carbocycles. The lowest BCUT2D eigenvalue weighted by atomic mass is 10.1. The molecule has 11 heteroatoms. The van der Waals surface area contributed by atoms with Crippen molar-refractivity contribution in [1.29, 1.82) is 0 Å². The van der Waals surface area contributed by atoms with Crippen molar-refractivity contribution >= 4 is 11.8 Å². The lowest BCUT2D eigenvalue weighted by Crippen LogP contribution is -2.57. The summed E-state index contributed by atoms with van der Waals surface area (Å²) in [7, 11) is 0. The highest BCUT2D eigenvalue weighted by molar-refractivity contribution is 5.99. The van der Waals surface area contributed by atoms with E-state index in [1.54, 1.807) is 0 Å². The van der Waals surface area contributed by atoms with Crippen LogP contribution >= 0.6 is 0 Å². The van der Waals surface area contributed by atoms with Gasteiger partial charge in [-0.25, -0.2) is 13.2 Å². The summed E-state index contributed by atoms with van der Waals surface area (Å²) < 4.78 is 47.9. The Hall–Kier alpha value is -3.34. The predicted octanol–water partition coefficient (Wildman–Crippen LogP) is 1.63. The van der Waals surface area contributed by atoms with Crippen LogP contribution in [0.25, 0.3) is 0 Å². The van der Waals surface area contributed by atoms with Crippen LogP contribution in [0.2, 0.25) is 0 Å². The molecular formula is C21H18F3N3O5. The highest BCUT2D eigenvalue weighted by Crippen LogP contribution is 2.38. The summed E-state index contributed by atoms with van der Waals surface area (Å²) in [4.78, 5) is 39.7. The number of rotatable bonds is 3. The number of aromatic hydroxyl groups is 1. The van der Waals surface area contributed by atoms with Crippen LogP contribution in [0.4, 0.5) is 13.2 Å². The molecule has 3 heterocycles. The SMILES string of the molecule is O=C(NCc1c(F)cc(F)cc1F)c1cn2c(c(O)c1=O)C(=O)N1[C@@H]3CC[C@@H](C3)O[C@@H]1C2. The molecule has 168 valence electrons. The number of ether oxygens (including phenoxy) is 1. The third-order valence-corrected chi connectivity index (χ3v) is 6.23. The number of halogens is 3. The number of carbonyl (C=O) groups is 2. The number of hydrogen-bond acceptors (Lipinski definition) is 5. The van der Waals surface area contributed by atoms with Gasteiger partial charge in [0.1, 0.15) is 23.0 Å². The maximum atomic E-state index is 13.8. The fourth-order valence-electron chi connectivity index (χ4n) is 4.72. The third-order valence-electron chi connectivity index (χ3n) is 6.23. The summed E-state index contributed by atoms with van der Waals surface area (Å²) in [6, 6.07) is 0.912. The maximum Gasteiger partial charge on any atom is 0.276 e. The normalized spacial score (nSPS) is 23.7. The number of carbonyl (C=O) groups excluding carboxylic acids is 2. The fraction of sp³-hybridized carbons (Fsp3) is 0.381. The monoisotopic (exact) mass is 449 g/mol. The number of nitrogens with one attached hydrogen (secondary N) is 1. The molecule has 2 N–H and O–H groups in total. The van der Waals surface area contributed by atoms with Gasteiger partial charge in [-0.3, -0.25) is 14.4 Å². The smallest absolute Gasteiger partial charge is 0.276 e. The first-order valence-electron chi connectivity index (χ1n) is 10.1. The third kappa shape index (κ3) is 3.15. The van der Waals surface area contributed by atoms with Gasteiger partial charge >= 0.3 is 0 Å². The maximum absolute atomic E-state index is 13.8. The number of amides is 2. The Labute approximate surface area is 179 Å². The van der Waals surface area contributed by atoms with E-state index in [1.807, 2.05) is 0 Å². The number of benzene rings is 1. The molecule has 2 bridgehead atoms. The van der Waals surface area contributed by atoms with E-state index in [4.69, 9.17) is 4.74 Å². The lowest BCUT2D eigenvalue weighted by molar-refractivity contribution is -0.132. The summed E-state index contributed by atoms with van der Waals surface area (Å²) >= 11 is 0. The van der Waals surface area contributed by atoms with Crippen molar-refractivity contribution in [3.8, 4) is 5.75 Å². The van der Waals surface area contributed by atoms with Gasteiger partial charge < -0.3 is 24.6 Å². The highest BCUT2D eigenvalue weighted by atomic mass is 19.1. The van der Waals surface area contributed by atoms with Crippen molar-refractivity contribution in [1.82, 2.24) is 14.8 Å². The van der Waals surface area contributed by atoms with Gasteiger partial charge in [-0.1, -0.05) is 0 Å². The van der Waals surface area contributed by atoms with Crippen LogP contribution in [0, 0.1) is 17.5 Å². The van der Waals surface area contributed by atoms with E-state index in [-0.39, 0.29) is 24.4 Å². The van der Waals surface area contributed by atoms with Gasteiger partial charge in [0.15, 0.2) is 17.7 Å². The zero-order chi connectivity index (χ0) is 22.7. The molecule has 3 atom stereocenters. The molecule has 0 spiro atoms. The minimum absolute atomic E-state index is 0.0296. The molecule has 32 heavy (non-hydrogen) atoms. The molecular weight excluding hydrogens is 431 g/mol. The van der Waals surface area contributed by atoms with Gasteiger partial charge in [0.25, 0.3) is 11.8 Å². The average molecular weight is 449 g/mol. The minimum Gasteiger partial charge on any atom is -0.503 e. The van der Waals surface area contributed by atoms with Gasteiger partial charge in [0.2, 0.25) is 5.43 Å². The van der Waals surface area contributed by atoms with E-state index >= 15 is 0 Å². The Morgan fingerprint density at radius 3 is 2.62 bits per heavy atom. The molecule has 0 radical (unpaired) electrons. The molecule has 2 aliphatic heterocycles. The highest BCUT2D eigenvalue weighted by Gasteiger charge is 2.47. The van der Waals surface area contributed by atoms with Gasteiger partial charge in [0, 0.05) is 36.5 Å². The van der Waals surface area contributed by atoms with Crippen molar-refractivity contribution in [3.05, 3.63) is 62.8 Å². The number of hydrogen-bond donors (Lipinski definition) is 2. The van der Waals surface area contributed by atoms with E-state index in [1.165, 1.54) is 9.47 Å². The molecule has 2 fully saturated rings. The zero-order valence-corrected chi connectivity index (χ0v) is 16.6. The van der Waals surface area contributed by atoms with Crippen LogP contribution < -0.4 is 10.7 Å². The first kappa shape index (κ1) is 20.6. The quantitative estimate of drug-likeness (QED) is 0.742. The Balaban J connectivity index is 1.44. The first-order valence-corrected chi connectivity index (χ1v) is 10.1. The van der Waals surface area contributed by atoms with E-state index < -0.39 is 64.3 Å². The Bertz CT molecular complexity index is 1190. The van der Waals surface area contributed by atoms with E-state index in [2.05, 4.69) is 5.32 Å². The number of fused-ring (bicyclic) bond motifs is 5. The Morgan fingerprint density at radius 1 is 1.19 bits per heavy atom. The van der Waals surface area contributed by atoms with Gasteiger partial charge in [-0.15, -0.1) is 0 Å². The molecule has 2 amide bonds. The Morgan fingerprint density at radius 2 is 1.91 bits per heavy atom. The summed E-state index contributed by atoms with van der Waals surface area (Å²) in [5.41, 5.74) is -2.40. The first-order chi connectivity index (χ1) is 15.2. The molecule has 1 saturated heterocycles. The largest absolute Gasteiger partial charge is 0.503 e. The van der Waals surface area contributed by atoms with E-state index in [9.17, 15) is 32.7 Å². The second-order valence-corrected chi connectivity index (χ2v) is 8.14. The molecule has 5 rings (SSSR count). The molecule has 2 aromatic rings. The molecule has 1 aromatic heterocycles. The van der Waals surface area contributed by atoms with Crippen molar-refractivity contribution in [2.75, 3.05) is 0 Å². The van der Waals surface area contributed by atoms with E-state index in [0.29, 0.717) is 18.6 Å². The van der Waals surface area contributed by atoms with Crippen LogP contribution in [0.1, 0.15) is 45.7 Å². The van der Waals surface area contributed by atoms with Crippen molar-refractivity contribution in [3.63, 3.8) is 0 Å². The van der Waals surface area contributed by atoms with Crippen molar-refractivity contribution in [2.24, 2.45) is 0 Å². The predicted molar refractivity (Wildman–Crippen MR) is 102 cm³/mol. The molecule has 0 unspecified atom stereocenters. The topological polar surface area (TPSA) is 101 Å². The molecule has 3 aliphatic rings. The minimum atomic E-state index is -1.19. The van der Waals surface area contributed by atoms with Crippen LogP contribution in [0.5, 0.6) is 5.75 Å². The average Bonchev–Trinajstić information content (AvgIpc) is 3.10. The van der Waals surface area contributed by atoms with Gasteiger partial charge in [-0.05, 0) is 19.3 Å². The Kier molecular flexibility index (Phi) is 4.73. The van der Waals surface area contributed by atoms with Gasteiger partial charge in [-0.2, -0.15) is 0 Å². The van der Waals surface area contributed by atoms with Crippen molar-refractivity contribution < 1.29 is 32.6 Å². The summed E-state index contributed by atoms with van der Waals surface area (Å²) in [5.74, 6) is -5.93. The summed E-state index contributed by atoms with van der Waals surface area (Å²) in [6.45, 7) is -0.538. The van der Waals surface area contributed by atoms with Crippen LogP contribution in [-0.2, 0) is 17.8 Å². The number of pyridine rings is 1. The molecule has 8 nitrogen and oxygen atoms in total. The van der Waals surface area contributed by atoms with Crippen LogP contribution in [0.15, 0.2) is 23.1 Å². The number of nitrogens with zero attached hydrogens (tertiary/aromatic N) is 2. The number of aromatic nitrogens is 1. The van der Waals surface area contributed by atoms with E-state index in [0.717, 1.165) is 19.0 Å². The van der Waals surface area contributed by atoms with Crippen LogP contribution in [-0.4, -0.2) is 44.8 Å². The molecule has 1 saturated carbocycles. The lowest BCUT2D eigenvalue weighted by Gasteiger charge is -2.44. The van der Waals surface area contributed by atoms with Crippen molar-refractivity contribution in [2.45, 2.75) is 50.7 Å². The standard InChI is InChI=1S/C21H18F3N3O5/c22-9-3-14(23)12(15(24)4-9)6-25-20(30)13-7-26-8-16-27(10-1-2-11(5-10)32-16)21(31)17(26)19(29)18(13)28/h3-4,7,10-11,16,29H,1-2,5-6,8H2,(H,25,30)/t10-,11+,16-/m1/s1. The van der Waals surface area contributed by atoms with Gasteiger partial charge in [0.05, 0.1) is 12.6 Å². The van der Waals surface area contributed by atoms with Crippen LogP contribution in [0.3, 0.4) is 0 Å². The second-order valence-electron chi connectivity index (χ2n) is 8.14. The second kappa shape index (κ2) is 7.37. The zero-order valence-electron chi connectivity index (χ0n) is 16.6. The fourth-order valence-corrected chi connectivity index (χ4v) is 4.72. The molecule has 1 aliphatic carbocycles.